The second-order valence-corrected chi connectivity index (χ2v) is 4.81. The molecule has 24 heavy (non-hydrogen) atoms. The normalized spacial score (nSPS) is 11.8. The summed E-state index contributed by atoms with van der Waals surface area (Å²) >= 11 is 0. The molecule has 2 rings (SSSR count). The van der Waals surface area contributed by atoms with Crippen LogP contribution in [0.2, 0.25) is 0 Å². The lowest BCUT2D eigenvalue weighted by molar-refractivity contribution is -0.386. The van der Waals surface area contributed by atoms with Crippen molar-refractivity contribution in [1.29, 1.82) is 0 Å². The van der Waals surface area contributed by atoms with Gasteiger partial charge in [-0.3, -0.25) is 10.1 Å². The zero-order valence-electron chi connectivity index (χ0n) is 12.2. The average Bonchev–Trinajstić information content (AvgIpc) is 2.53. The molecule has 1 atom stereocenters. The summed E-state index contributed by atoms with van der Waals surface area (Å²) in [4.78, 5) is 9.96. The lowest BCUT2D eigenvalue weighted by atomic mass is 10.2. The molecule has 2 N–H and O–H groups in total. The van der Waals surface area contributed by atoms with Crippen LogP contribution in [-0.4, -0.2) is 29.3 Å². The van der Waals surface area contributed by atoms with Gasteiger partial charge in [-0.1, -0.05) is 6.07 Å². The van der Waals surface area contributed by atoms with Crippen LogP contribution in [0, 0.1) is 27.6 Å². The van der Waals surface area contributed by atoms with Gasteiger partial charge in [0, 0.05) is 12.6 Å². The van der Waals surface area contributed by atoms with Crippen LogP contribution >= 0.6 is 0 Å². The molecule has 128 valence electrons. The molecular formula is C15H13F3N2O4. The molecular weight excluding hydrogens is 329 g/mol. The van der Waals surface area contributed by atoms with Crippen LogP contribution in [0.3, 0.4) is 0 Å². The van der Waals surface area contributed by atoms with Crippen molar-refractivity contribution in [2.45, 2.75) is 6.10 Å². The zero-order chi connectivity index (χ0) is 17.7. The van der Waals surface area contributed by atoms with Gasteiger partial charge in [-0.25, -0.2) is 8.78 Å². The van der Waals surface area contributed by atoms with E-state index in [-0.39, 0.29) is 24.6 Å². The molecule has 2 aromatic rings. The third kappa shape index (κ3) is 4.35. The van der Waals surface area contributed by atoms with Gasteiger partial charge in [0.05, 0.1) is 4.92 Å². The number of ether oxygens (including phenoxy) is 1. The third-order valence-electron chi connectivity index (χ3n) is 3.03. The van der Waals surface area contributed by atoms with Crippen LogP contribution in [0.5, 0.6) is 5.75 Å². The SMILES string of the molecule is O=[N+]([O-])c1c(F)cccc1NCC(O)COc1ccc(F)c(F)c1. The summed E-state index contributed by atoms with van der Waals surface area (Å²) in [5.74, 6) is -3.10. The Bertz CT molecular complexity index is 743. The molecule has 0 spiro atoms. The maximum atomic E-state index is 13.4. The molecule has 0 amide bonds. The number of hydrogen-bond acceptors (Lipinski definition) is 5. The first-order chi connectivity index (χ1) is 11.4. The lowest BCUT2D eigenvalue weighted by Gasteiger charge is -2.14. The highest BCUT2D eigenvalue weighted by atomic mass is 19.2. The highest BCUT2D eigenvalue weighted by molar-refractivity contribution is 5.61. The van der Waals surface area contributed by atoms with Gasteiger partial charge in [0.25, 0.3) is 0 Å². The fourth-order valence-electron chi connectivity index (χ4n) is 1.89. The molecule has 0 aliphatic rings. The molecule has 0 fully saturated rings. The van der Waals surface area contributed by atoms with E-state index in [1.807, 2.05) is 0 Å². The van der Waals surface area contributed by atoms with Gasteiger partial charge >= 0.3 is 5.69 Å². The summed E-state index contributed by atoms with van der Waals surface area (Å²) in [5, 5.41) is 23.2. The molecule has 0 bridgehead atoms. The highest BCUT2D eigenvalue weighted by Crippen LogP contribution is 2.27. The van der Waals surface area contributed by atoms with E-state index in [0.29, 0.717) is 0 Å². The Morgan fingerprint density at radius 1 is 1.17 bits per heavy atom. The molecule has 0 radical (unpaired) electrons. The zero-order valence-corrected chi connectivity index (χ0v) is 12.2. The van der Waals surface area contributed by atoms with Gasteiger partial charge in [0.2, 0.25) is 5.82 Å². The van der Waals surface area contributed by atoms with E-state index in [4.69, 9.17) is 4.74 Å². The fraction of sp³-hybridized carbons (Fsp3) is 0.200. The highest BCUT2D eigenvalue weighted by Gasteiger charge is 2.20. The van der Waals surface area contributed by atoms with Gasteiger partial charge in [-0.15, -0.1) is 0 Å². The number of hydrogen-bond donors (Lipinski definition) is 2. The Morgan fingerprint density at radius 2 is 1.92 bits per heavy atom. The number of para-hydroxylation sites is 1. The fourth-order valence-corrected chi connectivity index (χ4v) is 1.89. The minimum absolute atomic E-state index is 0.0182. The number of nitro groups is 1. The van der Waals surface area contributed by atoms with E-state index in [9.17, 15) is 28.4 Å². The summed E-state index contributed by atoms with van der Waals surface area (Å²) in [5.41, 5.74) is -0.821. The molecule has 2 aromatic carbocycles. The Hall–Kier alpha value is -2.81. The van der Waals surface area contributed by atoms with Crippen molar-refractivity contribution in [2.24, 2.45) is 0 Å². The predicted octanol–water partition coefficient (Wildman–Crippen LogP) is 2.86. The standard InChI is InChI=1S/C15H13F3N2O4/c16-11-5-4-10(6-13(11)18)24-8-9(21)7-19-14-3-1-2-12(17)15(14)20(22)23/h1-6,9,19,21H,7-8H2. The number of nitrogens with zero attached hydrogens (tertiary/aromatic N) is 1. The molecule has 0 aliphatic carbocycles. The number of anilines is 1. The first-order valence-corrected chi connectivity index (χ1v) is 6.81. The first-order valence-electron chi connectivity index (χ1n) is 6.81. The van der Waals surface area contributed by atoms with Crippen molar-refractivity contribution in [3.63, 3.8) is 0 Å². The van der Waals surface area contributed by atoms with Crippen LogP contribution in [0.25, 0.3) is 0 Å². The van der Waals surface area contributed by atoms with Gasteiger partial charge in [-0.2, -0.15) is 4.39 Å². The molecule has 0 aliphatic heterocycles. The molecule has 1 unspecified atom stereocenters. The van der Waals surface area contributed by atoms with Gasteiger partial charge < -0.3 is 15.2 Å². The van der Waals surface area contributed by atoms with E-state index in [1.54, 1.807) is 0 Å². The molecule has 9 heteroatoms. The van der Waals surface area contributed by atoms with E-state index >= 15 is 0 Å². The summed E-state index contributed by atoms with van der Waals surface area (Å²) in [7, 11) is 0. The Morgan fingerprint density at radius 3 is 2.58 bits per heavy atom. The number of aliphatic hydroxyl groups is 1. The Labute approximate surface area is 134 Å². The Kier molecular flexibility index (Phi) is 5.59. The largest absolute Gasteiger partial charge is 0.491 e. The van der Waals surface area contributed by atoms with Crippen LogP contribution < -0.4 is 10.1 Å². The minimum Gasteiger partial charge on any atom is -0.491 e. The summed E-state index contributed by atoms with van der Waals surface area (Å²) in [6, 6.07) is 6.43. The van der Waals surface area contributed by atoms with Crippen molar-refractivity contribution in [3.8, 4) is 5.75 Å². The van der Waals surface area contributed by atoms with Crippen LogP contribution in [0.15, 0.2) is 36.4 Å². The monoisotopic (exact) mass is 342 g/mol. The number of halogens is 3. The maximum Gasteiger partial charge on any atom is 0.327 e. The van der Waals surface area contributed by atoms with E-state index < -0.39 is 34.2 Å². The molecule has 0 saturated heterocycles. The molecule has 6 nitrogen and oxygen atoms in total. The van der Waals surface area contributed by atoms with Crippen molar-refractivity contribution < 1.29 is 27.9 Å². The van der Waals surface area contributed by atoms with Crippen molar-refractivity contribution in [1.82, 2.24) is 0 Å². The average molecular weight is 342 g/mol. The van der Waals surface area contributed by atoms with Gasteiger partial charge in [-0.05, 0) is 24.3 Å². The predicted molar refractivity (Wildman–Crippen MR) is 79.4 cm³/mol. The summed E-state index contributed by atoms with van der Waals surface area (Å²) in [6.45, 7) is -0.449. The van der Waals surface area contributed by atoms with Gasteiger partial charge in [0.15, 0.2) is 11.6 Å². The number of benzene rings is 2. The van der Waals surface area contributed by atoms with Crippen molar-refractivity contribution in [3.05, 3.63) is 64.0 Å². The van der Waals surface area contributed by atoms with Crippen LogP contribution in [0.4, 0.5) is 24.5 Å². The lowest BCUT2D eigenvalue weighted by Crippen LogP contribution is -2.26. The topological polar surface area (TPSA) is 84.6 Å². The van der Waals surface area contributed by atoms with E-state index in [2.05, 4.69) is 5.32 Å². The van der Waals surface area contributed by atoms with Crippen molar-refractivity contribution >= 4 is 11.4 Å². The maximum absolute atomic E-state index is 13.4. The summed E-state index contributed by atoms with van der Waals surface area (Å²) in [6.07, 6.45) is -1.12. The third-order valence-corrected chi connectivity index (χ3v) is 3.03. The van der Waals surface area contributed by atoms with E-state index in [0.717, 1.165) is 18.2 Å². The molecule has 0 saturated carbocycles. The second kappa shape index (κ2) is 7.64. The summed E-state index contributed by atoms with van der Waals surface area (Å²) < 4.78 is 44.3. The van der Waals surface area contributed by atoms with Gasteiger partial charge in [0.1, 0.15) is 24.1 Å². The Balaban J connectivity index is 1.92. The van der Waals surface area contributed by atoms with Crippen LogP contribution in [0.1, 0.15) is 0 Å². The smallest absolute Gasteiger partial charge is 0.327 e. The number of aliphatic hydroxyl groups excluding tert-OH is 1. The molecule has 0 aromatic heterocycles. The van der Waals surface area contributed by atoms with Crippen molar-refractivity contribution in [2.75, 3.05) is 18.5 Å². The van der Waals surface area contributed by atoms with E-state index in [1.165, 1.54) is 18.2 Å². The molecule has 0 heterocycles. The van der Waals surface area contributed by atoms with Crippen LogP contribution in [-0.2, 0) is 0 Å². The minimum atomic E-state index is -1.12. The second-order valence-electron chi connectivity index (χ2n) is 4.81. The first kappa shape index (κ1) is 17.5. The number of nitrogens with one attached hydrogen (secondary N) is 1. The number of nitro benzene ring substituents is 1. The quantitative estimate of drug-likeness (QED) is 0.597. The number of rotatable bonds is 7.